The number of hydrogen-bond donors (Lipinski definition) is 2. The highest BCUT2D eigenvalue weighted by atomic mass is 35.5. The van der Waals surface area contributed by atoms with Gasteiger partial charge in [0.2, 0.25) is 15.9 Å². The van der Waals surface area contributed by atoms with Gasteiger partial charge in [-0.15, -0.1) is 0 Å². The number of rotatable bonds is 6. The van der Waals surface area contributed by atoms with E-state index < -0.39 is 10.0 Å². The number of anilines is 1. The quantitative estimate of drug-likeness (QED) is 0.580. The maximum atomic E-state index is 12.5. The van der Waals surface area contributed by atoms with Gasteiger partial charge in [0, 0.05) is 24.2 Å². The molecule has 0 spiro atoms. The molecule has 1 aliphatic heterocycles. The molecule has 0 saturated carbocycles. The smallest absolute Gasteiger partial charge is 0.240 e. The van der Waals surface area contributed by atoms with Crippen molar-refractivity contribution >= 4 is 56.0 Å². The van der Waals surface area contributed by atoms with Gasteiger partial charge >= 0.3 is 0 Å². The minimum Gasteiger partial charge on any atom is -0.323 e. The van der Waals surface area contributed by atoms with E-state index in [1.54, 1.807) is 18.2 Å². The highest BCUT2D eigenvalue weighted by molar-refractivity contribution is 7.89. The Hall–Kier alpha value is -2.11. The molecular weight excluding hydrogens is 446 g/mol. The number of hydrogen-bond acceptors (Lipinski definition) is 7. The summed E-state index contributed by atoms with van der Waals surface area (Å²) < 4.78 is 36.2. The lowest BCUT2D eigenvalue weighted by Crippen LogP contribution is -2.46. The number of piperidine rings is 1. The number of aromatic nitrogens is 2. The molecule has 0 bridgehead atoms. The zero-order valence-electron chi connectivity index (χ0n) is 15.9. The molecule has 1 fully saturated rings. The number of amides is 1. The zero-order valence-corrected chi connectivity index (χ0v) is 18.3. The van der Waals surface area contributed by atoms with Gasteiger partial charge in [-0.25, -0.2) is 13.1 Å². The number of carbonyl (C=O) groups excluding carboxylic acids is 1. The van der Waals surface area contributed by atoms with Crippen LogP contribution in [0.2, 0.25) is 5.02 Å². The van der Waals surface area contributed by atoms with Crippen molar-refractivity contribution in [2.45, 2.75) is 23.8 Å². The Morgan fingerprint density at radius 2 is 1.87 bits per heavy atom. The first kappa shape index (κ1) is 21.1. The molecule has 3 aromatic rings. The van der Waals surface area contributed by atoms with Crippen molar-refractivity contribution in [2.24, 2.45) is 0 Å². The van der Waals surface area contributed by atoms with Crippen molar-refractivity contribution in [1.29, 1.82) is 0 Å². The van der Waals surface area contributed by atoms with Crippen molar-refractivity contribution < 1.29 is 13.2 Å². The molecule has 2 N–H and O–H groups in total. The van der Waals surface area contributed by atoms with Crippen LogP contribution in [0.15, 0.2) is 47.4 Å². The van der Waals surface area contributed by atoms with Gasteiger partial charge < -0.3 is 5.32 Å². The fourth-order valence-electron chi connectivity index (χ4n) is 3.41. The molecule has 0 unspecified atom stereocenters. The normalized spacial score (nSPS) is 16.0. The highest BCUT2D eigenvalue weighted by Crippen LogP contribution is 2.21. The van der Waals surface area contributed by atoms with Crippen LogP contribution in [0.1, 0.15) is 12.8 Å². The SMILES string of the molecule is O=C(CN1CCC(NS(=O)(=O)c2ccc(Cl)cc2)CC1)Nc1cccc2nsnc12. The van der Waals surface area contributed by atoms with Crippen molar-refractivity contribution in [3.63, 3.8) is 0 Å². The van der Waals surface area contributed by atoms with Gasteiger partial charge in [-0.1, -0.05) is 17.7 Å². The minimum atomic E-state index is -3.59. The van der Waals surface area contributed by atoms with Crippen LogP contribution in [0.5, 0.6) is 0 Å². The zero-order chi connectivity index (χ0) is 21.1. The van der Waals surface area contributed by atoms with Crippen LogP contribution in [0.25, 0.3) is 11.0 Å². The van der Waals surface area contributed by atoms with Crippen LogP contribution in [0, 0.1) is 0 Å². The van der Waals surface area contributed by atoms with E-state index >= 15 is 0 Å². The number of nitrogens with zero attached hydrogens (tertiary/aromatic N) is 3. The standard InChI is InChI=1S/C19H20ClN5O3S2/c20-13-4-6-15(7-5-13)30(27,28)24-14-8-10-25(11-9-14)12-18(26)21-16-2-1-3-17-19(16)23-29-22-17/h1-7,14,24H,8-12H2,(H,21,26). The third-order valence-electron chi connectivity index (χ3n) is 4.96. The summed E-state index contributed by atoms with van der Waals surface area (Å²) in [6.45, 7) is 1.50. The molecule has 158 valence electrons. The highest BCUT2D eigenvalue weighted by Gasteiger charge is 2.25. The Balaban J connectivity index is 1.29. The van der Waals surface area contributed by atoms with E-state index in [0.29, 0.717) is 42.2 Å². The molecule has 2 heterocycles. The number of nitrogens with one attached hydrogen (secondary N) is 2. The summed E-state index contributed by atoms with van der Waals surface area (Å²) in [6, 6.07) is 11.4. The van der Waals surface area contributed by atoms with Crippen LogP contribution in [0.4, 0.5) is 5.69 Å². The summed E-state index contributed by atoms with van der Waals surface area (Å²) in [5, 5.41) is 3.38. The van der Waals surface area contributed by atoms with Gasteiger partial charge in [0.25, 0.3) is 0 Å². The second-order valence-corrected chi connectivity index (χ2v) is 9.79. The van der Waals surface area contributed by atoms with E-state index in [-0.39, 0.29) is 23.4 Å². The van der Waals surface area contributed by atoms with E-state index in [4.69, 9.17) is 11.6 Å². The Bertz CT molecular complexity index is 1140. The maximum absolute atomic E-state index is 12.5. The van der Waals surface area contributed by atoms with Gasteiger partial charge in [0.15, 0.2) is 0 Å². The molecule has 1 aromatic heterocycles. The molecule has 0 atom stereocenters. The lowest BCUT2D eigenvalue weighted by atomic mass is 10.1. The van der Waals surface area contributed by atoms with Crippen LogP contribution in [-0.4, -0.2) is 53.6 Å². The number of halogens is 1. The topological polar surface area (TPSA) is 104 Å². The molecule has 0 aliphatic carbocycles. The lowest BCUT2D eigenvalue weighted by Gasteiger charge is -2.31. The van der Waals surface area contributed by atoms with Crippen molar-refractivity contribution in [2.75, 3.05) is 25.0 Å². The Kier molecular flexibility index (Phi) is 6.30. The van der Waals surface area contributed by atoms with Gasteiger partial charge in [-0.05, 0) is 49.2 Å². The lowest BCUT2D eigenvalue weighted by molar-refractivity contribution is -0.117. The first-order valence-corrected chi connectivity index (χ1v) is 12.0. The maximum Gasteiger partial charge on any atom is 0.240 e. The predicted molar refractivity (Wildman–Crippen MR) is 117 cm³/mol. The summed E-state index contributed by atoms with van der Waals surface area (Å²) in [6.07, 6.45) is 1.26. The van der Waals surface area contributed by atoms with E-state index in [2.05, 4.69) is 18.8 Å². The predicted octanol–water partition coefficient (Wildman–Crippen LogP) is 2.73. The van der Waals surface area contributed by atoms with Crippen LogP contribution in [-0.2, 0) is 14.8 Å². The van der Waals surface area contributed by atoms with Crippen LogP contribution >= 0.6 is 23.3 Å². The average molecular weight is 466 g/mol. The summed E-state index contributed by atoms with van der Waals surface area (Å²) in [4.78, 5) is 14.7. The van der Waals surface area contributed by atoms with Crippen molar-refractivity contribution in [1.82, 2.24) is 18.4 Å². The summed E-state index contributed by atoms with van der Waals surface area (Å²) in [5.74, 6) is -0.129. The van der Waals surface area contributed by atoms with E-state index in [0.717, 1.165) is 17.2 Å². The first-order valence-electron chi connectivity index (χ1n) is 9.42. The second-order valence-electron chi connectivity index (χ2n) is 7.11. The summed E-state index contributed by atoms with van der Waals surface area (Å²) in [5.41, 5.74) is 2.09. The van der Waals surface area contributed by atoms with E-state index in [1.165, 1.54) is 12.1 Å². The molecule has 30 heavy (non-hydrogen) atoms. The number of benzene rings is 2. The molecule has 4 rings (SSSR count). The van der Waals surface area contributed by atoms with Gasteiger partial charge in [0.1, 0.15) is 11.0 Å². The third kappa shape index (κ3) is 4.96. The molecular formula is C19H20ClN5O3S2. The van der Waals surface area contributed by atoms with Crippen LogP contribution in [0.3, 0.4) is 0 Å². The largest absolute Gasteiger partial charge is 0.323 e. The number of sulfonamides is 1. The monoisotopic (exact) mass is 465 g/mol. The van der Waals surface area contributed by atoms with Gasteiger partial charge in [-0.3, -0.25) is 9.69 Å². The molecule has 11 heteroatoms. The molecule has 0 radical (unpaired) electrons. The first-order chi connectivity index (χ1) is 14.4. The average Bonchev–Trinajstić information content (AvgIpc) is 3.19. The van der Waals surface area contributed by atoms with Crippen LogP contribution < -0.4 is 10.0 Å². The third-order valence-corrected chi connectivity index (χ3v) is 7.29. The number of carbonyl (C=O) groups is 1. The van der Waals surface area contributed by atoms with Crippen molar-refractivity contribution in [3.05, 3.63) is 47.5 Å². The fraction of sp³-hybridized carbons (Fsp3) is 0.316. The second kappa shape index (κ2) is 8.94. The Morgan fingerprint density at radius 1 is 1.13 bits per heavy atom. The Morgan fingerprint density at radius 3 is 2.60 bits per heavy atom. The summed E-state index contributed by atoms with van der Waals surface area (Å²) in [7, 11) is -3.59. The summed E-state index contributed by atoms with van der Waals surface area (Å²) >= 11 is 6.93. The molecule has 1 amide bonds. The Labute approximate surface area is 183 Å². The minimum absolute atomic E-state index is 0.129. The molecule has 1 aliphatic rings. The molecule has 2 aromatic carbocycles. The fourth-order valence-corrected chi connectivity index (χ4v) is 5.39. The van der Waals surface area contributed by atoms with E-state index in [1.807, 2.05) is 17.0 Å². The van der Waals surface area contributed by atoms with Crippen molar-refractivity contribution in [3.8, 4) is 0 Å². The number of fused-ring (bicyclic) bond motifs is 1. The molecule has 8 nitrogen and oxygen atoms in total. The molecule has 1 saturated heterocycles. The number of likely N-dealkylation sites (tertiary alicyclic amines) is 1. The van der Waals surface area contributed by atoms with E-state index in [9.17, 15) is 13.2 Å². The van der Waals surface area contributed by atoms with Gasteiger partial charge in [0.05, 0.1) is 28.9 Å². The van der Waals surface area contributed by atoms with Gasteiger partial charge in [-0.2, -0.15) is 8.75 Å².